The molecule has 0 saturated heterocycles. The first-order chi connectivity index (χ1) is 12.8. The van der Waals surface area contributed by atoms with E-state index in [1.807, 2.05) is 6.92 Å². The molecule has 4 aliphatic carbocycles. The summed E-state index contributed by atoms with van der Waals surface area (Å²) in [6, 6.07) is 0. The lowest BCUT2D eigenvalue weighted by atomic mass is 9.44. The Hall–Kier alpha value is -0.900. The van der Waals surface area contributed by atoms with Crippen LogP contribution in [0.5, 0.6) is 0 Å². The Morgan fingerprint density at radius 1 is 1.11 bits per heavy atom. The molecule has 4 saturated carbocycles. The number of carbonyl (C=O) groups excluding carboxylic acids is 2. The first-order valence-corrected chi connectivity index (χ1v) is 11.2. The Kier molecular flexibility index (Phi) is 4.93. The number of aliphatic hydroxyl groups is 1. The summed E-state index contributed by atoms with van der Waals surface area (Å²) in [5.74, 6) is 2.58. The second-order valence-electron chi connectivity index (χ2n) is 10.4. The fourth-order valence-corrected chi connectivity index (χ4v) is 7.79. The van der Waals surface area contributed by atoms with Crippen LogP contribution in [0.1, 0.15) is 78.6 Å². The van der Waals surface area contributed by atoms with Crippen molar-refractivity contribution < 1.29 is 19.4 Å². The summed E-state index contributed by atoms with van der Waals surface area (Å²) in [6.45, 7) is 6.89. The summed E-state index contributed by atoms with van der Waals surface area (Å²) in [4.78, 5) is 24.5. The van der Waals surface area contributed by atoms with Crippen LogP contribution in [0.2, 0.25) is 0 Å². The molecule has 4 rings (SSSR count). The van der Waals surface area contributed by atoms with Crippen LogP contribution in [0.15, 0.2) is 0 Å². The largest absolute Gasteiger partial charge is 0.466 e. The maximum absolute atomic E-state index is 12.5. The van der Waals surface area contributed by atoms with Crippen LogP contribution in [0.4, 0.5) is 0 Å². The molecule has 0 aromatic rings. The lowest BCUT2D eigenvalue weighted by molar-refractivity contribution is -0.167. The van der Waals surface area contributed by atoms with Gasteiger partial charge in [-0.2, -0.15) is 0 Å². The van der Waals surface area contributed by atoms with E-state index in [1.165, 1.54) is 0 Å². The zero-order chi connectivity index (χ0) is 19.4. The minimum Gasteiger partial charge on any atom is -0.466 e. The molecule has 8 atom stereocenters. The summed E-state index contributed by atoms with van der Waals surface area (Å²) in [5, 5.41) is 11.1. The number of ether oxygens (including phenoxy) is 1. The molecule has 4 aliphatic rings. The Balaban J connectivity index is 1.52. The minimum atomic E-state index is -0.292. The normalized spacial score (nSPS) is 49.1. The van der Waals surface area contributed by atoms with Gasteiger partial charge in [-0.05, 0) is 86.9 Å². The van der Waals surface area contributed by atoms with Gasteiger partial charge in [0.15, 0.2) is 0 Å². The van der Waals surface area contributed by atoms with Crippen LogP contribution in [0, 0.1) is 40.4 Å². The lowest BCUT2D eigenvalue weighted by Gasteiger charge is -2.61. The first kappa shape index (κ1) is 19.4. The molecule has 4 heteroatoms. The Morgan fingerprint density at radius 2 is 1.89 bits per heavy atom. The maximum atomic E-state index is 12.5. The zero-order valence-electron chi connectivity index (χ0n) is 17.2. The molecule has 27 heavy (non-hydrogen) atoms. The standard InChI is InChI=1S/C23H36O4/c1-4-27-21(26)12-14-7-9-22(2)17-8-10-23(3)16(5-6-20(23)25)15(17)13-19(24)18(22)11-14/h14-19,24H,4-13H2,1-3H3/t14-,15?,16?,17?,18?,19-,22+,23-/m0/s1. The topological polar surface area (TPSA) is 63.6 Å². The lowest BCUT2D eigenvalue weighted by Crippen LogP contribution is -2.57. The van der Waals surface area contributed by atoms with E-state index in [2.05, 4.69) is 13.8 Å². The average Bonchev–Trinajstić information content (AvgIpc) is 2.92. The van der Waals surface area contributed by atoms with Crippen molar-refractivity contribution in [2.75, 3.05) is 6.61 Å². The minimum absolute atomic E-state index is 0.0906. The number of carbonyl (C=O) groups is 2. The molecule has 4 unspecified atom stereocenters. The molecular weight excluding hydrogens is 340 g/mol. The van der Waals surface area contributed by atoms with Crippen molar-refractivity contribution in [3.63, 3.8) is 0 Å². The van der Waals surface area contributed by atoms with E-state index < -0.39 is 0 Å². The number of hydrogen-bond acceptors (Lipinski definition) is 4. The second kappa shape index (κ2) is 6.86. The molecule has 152 valence electrons. The zero-order valence-corrected chi connectivity index (χ0v) is 17.2. The van der Waals surface area contributed by atoms with Gasteiger partial charge >= 0.3 is 5.97 Å². The third-order valence-corrected chi connectivity index (χ3v) is 9.26. The van der Waals surface area contributed by atoms with Crippen molar-refractivity contribution in [2.45, 2.75) is 84.7 Å². The molecule has 4 fully saturated rings. The van der Waals surface area contributed by atoms with Crippen molar-refractivity contribution >= 4 is 11.8 Å². The Morgan fingerprint density at radius 3 is 2.63 bits per heavy atom. The molecule has 0 aromatic heterocycles. The maximum Gasteiger partial charge on any atom is 0.306 e. The molecule has 0 aromatic carbocycles. The van der Waals surface area contributed by atoms with Gasteiger partial charge in [0.1, 0.15) is 5.78 Å². The predicted molar refractivity (Wildman–Crippen MR) is 103 cm³/mol. The van der Waals surface area contributed by atoms with Crippen molar-refractivity contribution in [1.29, 1.82) is 0 Å². The van der Waals surface area contributed by atoms with Gasteiger partial charge in [0.05, 0.1) is 12.7 Å². The fraction of sp³-hybridized carbons (Fsp3) is 0.913. The van der Waals surface area contributed by atoms with Gasteiger partial charge in [-0.15, -0.1) is 0 Å². The van der Waals surface area contributed by atoms with Gasteiger partial charge in [0.25, 0.3) is 0 Å². The van der Waals surface area contributed by atoms with E-state index in [0.717, 1.165) is 51.4 Å². The highest BCUT2D eigenvalue weighted by Crippen LogP contribution is 2.66. The van der Waals surface area contributed by atoms with Crippen LogP contribution in [0.25, 0.3) is 0 Å². The molecule has 4 nitrogen and oxygen atoms in total. The highest BCUT2D eigenvalue weighted by Gasteiger charge is 2.62. The summed E-state index contributed by atoms with van der Waals surface area (Å²) in [6.07, 6.45) is 8.08. The molecule has 0 heterocycles. The fourth-order valence-electron chi connectivity index (χ4n) is 7.79. The quantitative estimate of drug-likeness (QED) is 0.752. The van der Waals surface area contributed by atoms with Gasteiger partial charge in [-0.25, -0.2) is 0 Å². The number of fused-ring (bicyclic) bond motifs is 5. The van der Waals surface area contributed by atoms with Gasteiger partial charge in [0, 0.05) is 18.3 Å². The van der Waals surface area contributed by atoms with Crippen molar-refractivity contribution in [1.82, 2.24) is 0 Å². The number of Topliss-reactive ketones (excluding diaryl/α,β-unsaturated/α-hetero) is 1. The SMILES string of the molecule is CCOC(=O)C[C@H]1CC[C@]2(C)C3CC[C@]4(C)C(=O)CCC4C3C[C@H](O)C2C1. The number of ketones is 1. The van der Waals surface area contributed by atoms with E-state index in [1.54, 1.807) is 0 Å². The Bertz CT molecular complexity index is 615. The summed E-state index contributed by atoms with van der Waals surface area (Å²) in [7, 11) is 0. The van der Waals surface area contributed by atoms with Crippen LogP contribution >= 0.6 is 0 Å². The van der Waals surface area contributed by atoms with Crippen molar-refractivity contribution in [2.24, 2.45) is 40.4 Å². The molecule has 0 amide bonds. The van der Waals surface area contributed by atoms with Crippen molar-refractivity contribution in [3.05, 3.63) is 0 Å². The first-order valence-electron chi connectivity index (χ1n) is 11.2. The molecular formula is C23H36O4. The predicted octanol–water partition coefficient (Wildman–Crippen LogP) is 4.14. The summed E-state index contributed by atoms with van der Waals surface area (Å²) >= 11 is 0. The van der Waals surface area contributed by atoms with E-state index in [9.17, 15) is 14.7 Å². The highest BCUT2D eigenvalue weighted by molar-refractivity contribution is 5.87. The Labute approximate surface area is 163 Å². The monoisotopic (exact) mass is 376 g/mol. The van der Waals surface area contributed by atoms with Crippen LogP contribution in [0.3, 0.4) is 0 Å². The van der Waals surface area contributed by atoms with Gasteiger partial charge in [0.2, 0.25) is 0 Å². The van der Waals surface area contributed by atoms with E-state index in [-0.39, 0.29) is 28.8 Å². The van der Waals surface area contributed by atoms with Crippen LogP contribution in [-0.4, -0.2) is 29.6 Å². The number of hydrogen-bond donors (Lipinski definition) is 1. The molecule has 1 N–H and O–H groups in total. The molecule has 0 bridgehead atoms. The van der Waals surface area contributed by atoms with E-state index in [0.29, 0.717) is 42.5 Å². The number of rotatable bonds is 3. The third kappa shape index (κ3) is 2.97. The summed E-state index contributed by atoms with van der Waals surface area (Å²) in [5.41, 5.74) is 0.0195. The molecule has 0 spiro atoms. The third-order valence-electron chi connectivity index (χ3n) is 9.26. The smallest absolute Gasteiger partial charge is 0.306 e. The average molecular weight is 377 g/mol. The van der Waals surface area contributed by atoms with Gasteiger partial charge < -0.3 is 9.84 Å². The van der Waals surface area contributed by atoms with Gasteiger partial charge in [-0.3, -0.25) is 9.59 Å². The van der Waals surface area contributed by atoms with E-state index in [4.69, 9.17) is 4.74 Å². The molecule has 0 radical (unpaired) electrons. The highest BCUT2D eigenvalue weighted by atomic mass is 16.5. The second-order valence-corrected chi connectivity index (χ2v) is 10.4. The van der Waals surface area contributed by atoms with Gasteiger partial charge in [-0.1, -0.05) is 13.8 Å². The number of aliphatic hydroxyl groups excluding tert-OH is 1. The number of esters is 1. The van der Waals surface area contributed by atoms with Crippen molar-refractivity contribution in [3.8, 4) is 0 Å². The molecule has 0 aliphatic heterocycles. The summed E-state index contributed by atoms with van der Waals surface area (Å²) < 4.78 is 5.15. The van der Waals surface area contributed by atoms with Crippen LogP contribution in [-0.2, 0) is 14.3 Å². The van der Waals surface area contributed by atoms with E-state index >= 15 is 0 Å². The van der Waals surface area contributed by atoms with Crippen LogP contribution < -0.4 is 0 Å².